The van der Waals surface area contributed by atoms with Gasteiger partial charge < -0.3 is 14.6 Å². The lowest BCUT2D eigenvalue weighted by molar-refractivity contribution is -0.153. The highest BCUT2D eigenvalue weighted by molar-refractivity contribution is 6.30. The summed E-state index contributed by atoms with van der Waals surface area (Å²) in [6, 6.07) is 13.0. The molecule has 2 aliphatic heterocycles. The van der Waals surface area contributed by atoms with Crippen LogP contribution in [0.3, 0.4) is 0 Å². The Bertz CT molecular complexity index is 874. The highest BCUT2D eigenvalue weighted by atomic mass is 35.5. The number of benzene rings is 2. The zero-order valence-corrected chi connectivity index (χ0v) is 16.4. The van der Waals surface area contributed by atoms with Crippen LogP contribution in [0.25, 0.3) is 0 Å². The van der Waals surface area contributed by atoms with Crippen molar-refractivity contribution in [3.05, 3.63) is 64.2 Å². The van der Waals surface area contributed by atoms with Crippen LogP contribution in [-0.4, -0.2) is 22.8 Å². The Morgan fingerprint density at radius 1 is 1.19 bits per heavy atom. The number of carboxylic acid groups (broad SMARTS) is 1. The summed E-state index contributed by atoms with van der Waals surface area (Å²) in [4.78, 5) is 11.4. The van der Waals surface area contributed by atoms with E-state index in [4.69, 9.17) is 21.1 Å². The second-order valence-corrected chi connectivity index (χ2v) is 8.46. The molecule has 1 N–H and O–H groups in total. The standard InChI is InChI=1S/C22H23ClO4/c1-12-16(13-4-7-15(23)8-5-13)11-18-20(26-12)17-10-14(21(24)25)6-9-19(17)27-22(18,2)3/h4-10,12,16,18,20H,11H2,1-3H3,(H,24,25)/t12-,16-,18-,20+/m0/s1. The van der Waals surface area contributed by atoms with Gasteiger partial charge in [-0.2, -0.15) is 0 Å². The van der Waals surface area contributed by atoms with Gasteiger partial charge in [0.05, 0.1) is 17.8 Å². The number of carbonyl (C=O) groups is 1. The molecule has 27 heavy (non-hydrogen) atoms. The second kappa shape index (κ2) is 6.54. The molecule has 1 saturated heterocycles. The number of hydrogen-bond acceptors (Lipinski definition) is 3. The van der Waals surface area contributed by atoms with Crippen molar-refractivity contribution in [3.8, 4) is 5.75 Å². The maximum absolute atomic E-state index is 11.4. The van der Waals surface area contributed by atoms with E-state index >= 15 is 0 Å². The van der Waals surface area contributed by atoms with Crippen LogP contribution in [0.15, 0.2) is 42.5 Å². The highest BCUT2D eigenvalue weighted by Crippen LogP contribution is 2.53. The Morgan fingerprint density at radius 2 is 1.89 bits per heavy atom. The first-order valence-electron chi connectivity index (χ1n) is 9.23. The first kappa shape index (κ1) is 18.3. The van der Waals surface area contributed by atoms with Gasteiger partial charge in [-0.1, -0.05) is 23.7 Å². The third-order valence-corrected chi connectivity index (χ3v) is 6.18. The molecule has 4 rings (SSSR count). The summed E-state index contributed by atoms with van der Waals surface area (Å²) >= 11 is 6.04. The molecule has 0 aliphatic carbocycles. The number of rotatable bonds is 2. The van der Waals surface area contributed by atoms with Gasteiger partial charge in [-0.15, -0.1) is 0 Å². The minimum Gasteiger partial charge on any atom is -0.487 e. The topological polar surface area (TPSA) is 55.8 Å². The van der Waals surface area contributed by atoms with Crippen LogP contribution in [-0.2, 0) is 4.74 Å². The molecule has 0 amide bonds. The minimum atomic E-state index is -0.943. The summed E-state index contributed by atoms with van der Waals surface area (Å²) in [5.41, 5.74) is 1.88. The van der Waals surface area contributed by atoms with Crippen LogP contribution < -0.4 is 4.74 Å². The fraction of sp³-hybridized carbons (Fsp3) is 0.409. The van der Waals surface area contributed by atoms with Crippen LogP contribution in [0.2, 0.25) is 5.02 Å². The molecule has 4 atom stereocenters. The van der Waals surface area contributed by atoms with Crippen LogP contribution in [0.5, 0.6) is 5.75 Å². The van der Waals surface area contributed by atoms with Gasteiger partial charge in [0, 0.05) is 22.4 Å². The van der Waals surface area contributed by atoms with Crippen molar-refractivity contribution in [2.24, 2.45) is 5.92 Å². The zero-order valence-electron chi connectivity index (χ0n) is 15.6. The Balaban J connectivity index is 1.72. The molecule has 0 unspecified atom stereocenters. The van der Waals surface area contributed by atoms with Gasteiger partial charge in [-0.25, -0.2) is 4.79 Å². The molecule has 1 fully saturated rings. The third kappa shape index (κ3) is 3.21. The lowest BCUT2D eigenvalue weighted by Gasteiger charge is -2.50. The van der Waals surface area contributed by atoms with Gasteiger partial charge in [0.25, 0.3) is 0 Å². The van der Waals surface area contributed by atoms with Crippen LogP contribution in [0.4, 0.5) is 0 Å². The van der Waals surface area contributed by atoms with Crippen LogP contribution >= 0.6 is 11.6 Å². The number of halogens is 1. The Kier molecular flexibility index (Phi) is 4.44. The molecule has 0 aromatic heterocycles. The predicted octanol–water partition coefficient (Wildman–Crippen LogP) is 5.46. The van der Waals surface area contributed by atoms with Gasteiger partial charge in [-0.05, 0) is 63.1 Å². The second-order valence-electron chi connectivity index (χ2n) is 8.03. The lowest BCUT2D eigenvalue weighted by Crippen LogP contribution is -2.50. The molecule has 142 valence electrons. The first-order chi connectivity index (χ1) is 12.8. The molecule has 0 spiro atoms. The molecule has 5 heteroatoms. The van der Waals surface area contributed by atoms with Crippen LogP contribution in [0.1, 0.15) is 60.7 Å². The van der Waals surface area contributed by atoms with Gasteiger partial charge >= 0.3 is 5.97 Å². The molecule has 2 aromatic carbocycles. The molecule has 0 bridgehead atoms. The maximum atomic E-state index is 11.4. The van der Waals surface area contributed by atoms with E-state index in [1.54, 1.807) is 18.2 Å². The molecule has 4 nitrogen and oxygen atoms in total. The zero-order chi connectivity index (χ0) is 19.3. The van der Waals surface area contributed by atoms with E-state index in [0.29, 0.717) is 5.75 Å². The smallest absolute Gasteiger partial charge is 0.335 e. The number of fused-ring (bicyclic) bond motifs is 3. The van der Waals surface area contributed by atoms with E-state index in [2.05, 4.69) is 32.9 Å². The van der Waals surface area contributed by atoms with E-state index in [9.17, 15) is 9.90 Å². The Hall–Kier alpha value is -2.04. The largest absolute Gasteiger partial charge is 0.487 e. The van der Waals surface area contributed by atoms with E-state index in [0.717, 1.165) is 17.0 Å². The maximum Gasteiger partial charge on any atom is 0.335 e. The molecular weight excluding hydrogens is 364 g/mol. The SMILES string of the molecule is C[C@@H]1O[C@@H]2c3cc(C(=O)O)ccc3OC(C)(C)[C@H]2C[C@@H]1c1ccc(Cl)cc1. The lowest BCUT2D eigenvalue weighted by atomic mass is 9.70. The average molecular weight is 387 g/mol. The van der Waals surface area contributed by atoms with Gasteiger partial charge in [-0.3, -0.25) is 0 Å². The normalized spacial score (nSPS) is 28.6. The van der Waals surface area contributed by atoms with E-state index in [1.807, 2.05) is 12.1 Å². The van der Waals surface area contributed by atoms with Crippen molar-refractivity contribution in [3.63, 3.8) is 0 Å². The van der Waals surface area contributed by atoms with Crippen LogP contribution in [0, 0.1) is 5.92 Å². The fourth-order valence-electron chi connectivity index (χ4n) is 4.42. The Morgan fingerprint density at radius 3 is 2.56 bits per heavy atom. The number of carboxylic acids is 1. The molecule has 2 heterocycles. The van der Waals surface area contributed by atoms with Gasteiger partial charge in [0.15, 0.2) is 0 Å². The average Bonchev–Trinajstić information content (AvgIpc) is 2.61. The number of ether oxygens (including phenoxy) is 2. The molecule has 0 saturated carbocycles. The van der Waals surface area contributed by atoms with Crippen molar-refractivity contribution in [2.75, 3.05) is 0 Å². The van der Waals surface area contributed by atoms with Gasteiger partial charge in [0.1, 0.15) is 11.4 Å². The summed E-state index contributed by atoms with van der Waals surface area (Å²) in [6.45, 7) is 6.24. The summed E-state index contributed by atoms with van der Waals surface area (Å²) in [7, 11) is 0. The van der Waals surface area contributed by atoms with Crippen molar-refractivity contribution in [1.82, 2.24) is 0 Å². The number of aromatic carboxylic acids is 1. The summed E-state index contributed by atoms with van der Waals surface area (Å²) in [5, 5.41) is 10.1. The minimum absolute atomic E-state index is 0.00246. The Labute approximate surface area is 164 Å². The molecular formula is C22H23ClO4. The van der Waals surface area contributed by atoms with E-state index in [-0.39, 0.29) is 29.6 Å². The van der Waals surface area contributed by atoms with E-state index in [1.165, 1.54) is 5.56 Å². The monoisotopic (exact) mass is 386 g/mol. The quantitative estimate of drug-likeness (QED) is 0.744. The first-order valence-corrected chi connectivity index (χ1v) is 9.61. The molecule has 2 aromatic rings. The third-order valence-electron chi connectivity index (χ3n) is 5.93. The summed E-state index contributed by atoms with van der Waals surface area (Å²) in [5.74, 6) is 0.118. The summed E-state index contributed by atoms with van der Waals surface area (Å²) in [6.07, 6.45) is 0.723. The molecule has 2 aliphatic rings. The predicted molar refractivity (Wildman–Crippen MR) is 104 cm³/mol. The van der Waals surface area contributed by atoms with Crippen molar-refractivity contribution in [2.45, 2.75) is 50.9 Å². The highest BCUT2D eigenvalue weighted by Gasteiger charge is 2.49. The van der Waals surface area contributed by atoms with Crippen molar-refractivity contribution < 1.29 is 19.4 Å². The number of hydrogen-bond donors (Lipinski definition) is 1. The molecule has 0 radical (unpaired) electrons. The van der Waals surface area contributed by atoms with Crippen molar-refractivity contribution in [1.29, 1.82) is 0 Å². The van der Waals surface area contributed by atoms with E-state index < -0.39 is 11.6 Å². The van der Waals surface area contributed by atoms with Crippen molar-refractivity contribution >= 4 is 17.6 Å². The fourth-order valence-corrected chi connectivity index (χ4v) is 4.55. The summed E-state index contributed by atoms with van der Waals surface area (Å²) < 4.78 is 12.7. The van der Waals surface area contributed by atoms with Gasteiger partial charge in [0.2, 0.25) is 0 Å².